The molecule has 1 saturated heterocycles. The molecule has 114 valence electrons. The van der Waals surface area contributed by atoms with Gasteiger partial charge in [0.25, 0.3) is 0 Å². The van der Waals surface area contributed by atoms with E-state index in [1.165, 1.54) is 6.42 Å². The van der Waals surface area contributed by atoms with Gasteiger partial charge >= 0.3 is 12.0 Å². The first kappa shape index (κ1) is 15.1. The number of likely N-dealkylation sites (tertiary alicyclic amines) is 1. The standard InChI is InChI=1S/C15H26N2O3/c1-11-4-2-3-9-17(11)15(20)16-10-12-5-7-13(8-6-12)14(18)19/h11-13H,2-10H2,1H3,(H,16,20)(H,18,19). The second kappa shape index (κ2) is 6.95. The van der Waals surface area contributed by atoms with Gasteiger partial charge in [0.05, 0.1) is 5.92 Å². The number of carboxylic acids is 1. The molecule has 2 aliphatic rings. The fourth-order valence-electron chi connectivity index (χ4n) is 3.35. The monoisotopic (exact) mass is 282 g/mol. The maximum Gasteiger partial charge on any atom is 0.317 e. The quantitative estimate of drug-likeness (QED) is 0.835. The van der Waals surface area contributed by atoms with Crippen LogP contribution in [0.3, 0.4) is 0 Å². The Labute approximate surface area is 120 Å². The second-order valence-electron chi connectivity index (χ2n) is 6.28. The largest absolute Gasteiger partial charge is 0.481 e. The number of rotatable bonds is 3. The maximum absolute atomic E-state index is 12.1. The minimum Gasteiger partial charge on any atom is -0.481 e. The smallest absolute Gasteiger partial charge is 0.317 e. The van der Waals surface area contributed by atoms with E-state index in [0.717, 1.165) is 45.1 Å². The van der Waals surface area contributed by atoms with E-state index in [9.17, 15) is 9.59 Å². The molecule has 2 fully saturated rings. The average molecular weight is 282 g/mol. The Kier molecular flexibility index (Phi) is 5.26. The molecule has 2 rings (SSSR count). The summed E-state index contributed by atoms with van der Waals surface area (Å²) >= 11 is 0. The molecule has 0 aromatic carbocycles. The molecule has 0 aromatic heterocycles. The van der Waals surface area contributed by atoms with Crippen LogP contribution < -0.4 is 5.32 Å². The molecule has 2 amide bonds. The second-order valence-corrected chi connectivity index (χ2v) is 6.28. The van der Waals surface area contributed by atoms with Crippen molar-refractivity contribution in [3.63, 3.8) is 0 Å². The summed E-state index contributed by atoms with van der Waals surface area (Å²) in [7, 11) is 0. The summed E-state index contributed by atoms with van der Waals surface area (Å²) in [4.78, 5) is 25.0. The van der Waals surface area contributed by atoms with E-state index < -0.39 is 5.97 Å². The Morgan fingerprint density at radius 1 is 1.15 bits per heavy atom. The van der Waals surface area contributed by atoms with Crippen LogP contribution in [-0.2, 0) is 4.79 Å². The third-order valence-electron chi connectivity index (χ3n) is 4.80. The van der Waals surface area contributed by atoms with Crippen molar-refractivity contribution in [2.24, 2.45) is 11.8 Å². The Morgan fingerprint density at radius 3 is 2.45 bits per heavy atom. The predicted molar refractivity (Wildman–Crippen MR) is 76.5 cm³/mol. The lowest BCUT2D eigenvalue weighted by atomic mass is 9.82. The van der Waals surface area contributed by atoms with Crippen molar-refractivity contribution in [1.29, 1.82) is 0 Å². The number of carbonyl (C=O) groups is 2. The van der Waals surface area contributed by atoms with Crippen molar-refractivity contribution in [1.82, 2.24) is 10.2 Å². The van der Waals surface area contributed by atoms with E-state index >= 15 is 0 Å². The molecular weight excluding hydrogens is 256 g/mol. The number of carbonyl (C=O) groups excluding carboxylic acids is 1. The average Bonchev–Trinajstić information content (AvgIpc) is 2.45. The Bertz CT molecular complexity index is 351. The van der Waals surface area contributed by atoms with Crippen molar-refractivity contribution in [2.45, 2.75) is 57.9 Å². The fraction of sp³-hybridized carbons (Fsp3) is 0.867. The van der Waals surface area contributed by atoms with E-state index in [4.69, 9.17) is 5.11 Å². The van der Waals surface area contributed by atoms with Crippen LogP contribution in [0.25, 0.3) is 0 Å². The van der Waals surface area contributed by atoms with Gasteiger partial charge in [0, 0.05) is 19.1 Å². The summed E-state index contributed by atoms with van der Waals surface area (Å²) in [5, 5.41) is 12.0. The molecule has 1 aliphatic heterocycles. The van der Waals surface area contributed by atoms with E-state index in [1.54, 1.807) is 0 Å². The number of carboxylic acid groups (broad SMARTS) is 1. The number of nitrogens with zero attached hydrogens (tertiary/aromatic N) is 1. The number of urea groups is 1. The van der Waals surface area contributed by atoms with Crippen LogP contribution >= 0.6 is 0 Å². The van der Waals surface area contributed by atoms with Crippen LogP contribution in [0.5, 0.6) is 0 Å². The number of hydrogen-bond donors (Lipinski definition) is 2. The highest BCUT2D eigenvalue weighted by molar-refractivity contribution is 5.74. The lowest BCUT2D eigenvalue weighted by molar-refractivity contribution is -0.143. The van der Waals surface area contributed by atoms with Crippen molar-refractivity contribution in [3.8, 4) is 0 Å². The van der Waals surface area contributed by atoms with Gasteiger partial charge in [-0.15, -0.1) is 0 Å². The van der Waals surface area contributed by atoms with Crippen LogP contribution in [0.4, 0.5) is 4.79 Å². The molecule has 0 aromatic rings. The number of nitrogens with one attached hydrogen (secondary N) is 1. The highest BCUT2D eigenvalue weighted by Gasteiger charge is 2.27. The van der Waals surface area contributed by atoms with Gasteiger partial charge in [-0.2, -0.15) is 0 Å². The number of amides is 2. The number of piperidine rings is 1. The summed E-state index contributed by atoms with van der Waals surface area (Å²) in [6.45, 7) is 3.66. The van der Waals surface area contributed by atoms with Gasteiger partial charge in [-0.25, -0.2) is 4.79 Å². The van der Waals surface area contributed by atoms with Crippen molar-refractivity contribution >= 4 is 12.0 Å². The minimum atomic E-state index is -0.672. The van der Waals surface area contributed by atoms with Crippen LogP contribution in [0, 0.1) is 11.8 Å². The Balaban J connectivity index is 1.70. The zero-order chi connectivity index (χ0) is 14.5. The third kappa shape index (κ3) is 3.87. The molecule has 0 radical (unpaired) electrons. The van der Waals surface area contributed by atoms with Gasteiger partial charge in [0.2, 0.25) is 0 Å². The van der Waals surface area contributed by atoms with Crippen LogP contribution in [0.15, 0.2) is 0 Å². The van der Waals surface area contributed by atoms with Crippen LogP contribution in [0.1, 0.15) is 51.9 Å². The molecule has 1 unspecified atom stereocenters. The normalized spacial score (nSPS) is 30.9. The zero-order valence-corrected chi connectivity index (χ0v) is 12.3. The molecule has 1 heterocycles. The lowest BCUT2D eigenvalue weighted by Crippen LogP contribution is -2.48. The van der Waals surface area contributed by atoms with Gasteiger partial charge in [0.15, 0.2) is 0 Å². The first-order chi connectivity index (χ1) is 9.58. The third-order valence-corrected chi connectivity index (χ3v) is 4.80. The maximum atomic E-state index is 12.1. The summed E-state index contributed by atoms with van der Waals surface area (Å²) in [5.74, 6) is -0.409. The van der Waals surface area contributed by atoms with Crippen molar-refractivity contribution in [3.05, 3.63) is 0 Å². The summed E-state index contributed by atoms with van der Waals surface area (Å²) in [6, 6.07) is 0.393. The van der Waals surface area contributed by atoms with Gasteiger partial charge in [-0.05, 0) is 57.8 Å². The lowest BCUT2D eigenvalue weighted by Gasteiger charge is -2.34. The molecule has 5 nitrogen and oxygen atoms in total. The van der Waals surface area contributed by atoms with Crippen LogP contribution in [0.2, 0.25) is 0 Å². The van der Waals surface area contributed by atoms with Crippen molar-refractivity contribution in [2.75, 3.05) is 13.1 Å². The van der Waals surface area contributed by atoms with Gasteiger partial charge < -0.3 is 15.3 Å². The highest BCUT2D eigenvalue weighted by atomic mass is 16.4. The number of aliphatic carboxylic acids is 1. The highest BCUT2D eigenvalue weighted by Crippen LogP contribution is 2.28. The molecule has 2 N–H and O–H groups in total. The summed E-state index contributed by atoms with van der Waals surface area (Å²) in [5.41, 5.74) is 0. The topological polar surface area (TPSA) is 69.6 Å². The molecule has 0 bridgehead atoms. The predicted octanol–water partition coefficient (Wildman–Crippen LogP) is 2.46. The van der Waals surface area contributed by atoms with Gasteiger partial charge in [-0.3, -0.25) is 4.79 Å². The van der Waals surface area contributed by atoms with Gasteiger partial charge in [0.1, 0.15) is 0 Å². The zero-order valence-electron chi connectivity index (χ0n) is 12.3. The fourth-order valence-corrected chi connectivity index (χ4v) is 3.35. The molecule has 0 spiro atoms. The van der Waals surface area contributed by atoms with Crippen molar-refractivity contribution < 1.29 is 14.7 Å². The Morgan fingerprint density at radius 2 is 1.85 bits per heavy atom. The van der Waals surface area contributed by atoms with E-state index in [2.05, 4.69) is 12.2 Å². The summed E-state index contributed by atoms with van der Waals surface area (Å²) < 4.78 is 0. The van der Waals surface area contributed by atoms with E-state index in [1.807, 2.05) is 4.90 Å². The van der Waals surface area contributed by atoms with E-state index in [-0.39, 0.29) is 11.9 Å². The molecule has 1 aliphatic carbocycles. The molecule has 5 heteroatoms. The van der Waals surface area contributed by atoms with E-state index in [0.29, 0.717) is 18.5 Å². The minimum absolute atomic E-state index is 0.0533. The molecular formula is C15H26N2O3. The molecule has 1 saturated carbocycles. The van der Waals surface area contributed by atoms with Crippen LogP contribution in [-0.4, -0.2) is 41.1 Å². The van der Waals surface area contributed by atoms with Gasteiger partial charge in [-0.1, -0.05) is 0 Å². The first-order valence-corrected chi connectivity index (χ1v) is 7.85. The SMILES string of the molecule is CC1CCCCN1C(=O)NCC1CCC(C(=O)O)CC1. The first-order valence-electron chi connectivity index (χ1n) is 7.85. The Hall–Kier alpha value is -1.26. The number of hydrogen-bond acceptors (Lipinski definition) is 2. The summed E-state index contributed by atoms with van der Waals surface area (Å²) in [6.07, 6.45) is 6.72. The molecule has 1 atom stereocenters. The molecule has 20 heavy (non-hydrogen) atoms.